The van der Waals surface area contributed by atoms with Gasteiger partial charge in [0.05, 0.1) is 32.1 Å². The molecular formula is C28H39N5O3S. The lowest BCUT2D eigenvalue weighted by molar-refractivity contribution is -0.195. The zero-order chi connectivity index (χ0) is 24.7. The first kappa shape index (κ1) is 24.5. The van der Waals surface area contributed by atoms with Crippen LogP contribution in [0, 0.1) is 0 Å². The van der Waals surface area contributed by atoms with E-state index in [1.54, 1.807) is 0 Å². The number of morpholine rings is 1. The van der Waals surface area contributed by atoms with E-state index in [0.29, 0.717) is 6.61 Å². The van der Waals surface area contributed by atoms with Crippen LogP contribution in [-0.4, -0.2) is 117 Å². The third-order valence-electron chi connectivity index (χ3n) is 9.11. The van der Waals surface area contributed by atoms with Crippen molar-refractivity contribution in [2.75, 3.05) is 95.1 Å². The Hall–Kier alpha value is -1.59. The van der Waals surface area contributed by atoms with Crippen LogP contribution in [0.25, 0.3) is 0 Å². The average Bonchev–Trinajstić information content (AvgIpc) is 3.73. The van der Waals surface area contributed by atoms with Gasteiger partial charge in [-0.05, 0) is 30.2 Å². The van der Waals surface area contributed by atoms with Crippen LogP contribution >= 0.6 is 11.8 Å². The number of anilines is 1. The predicted octanol–water partition coefficient (Wildman–Crippen LogP) is 1.88. The summed E-state index contributed by atoms with van der Waals surface area (Å²) in [7, 11) is 0. The summed E-state index contributed by atoms with van der Waals surface area (Å²) in [5, 5.41) is 3.62. The SMILES string of the molecule is c1coc(C2(N3CCc4ccccc43)OCC(N3CCOCC3)C2(N2CCNCC2)N2CCSCC2)c1. The molecule has 4 saturated heterocycles. The third kappa shape index (κ3) is 3.73. The molecule has 9 heteroatoms. The molecule has 2 aromatic rings. The van der Waals surface area contributed by atoms with Gasteiger partial charge in [-0.15, -0.1) is 0 Å². The zero-order valence-corrected chi connectivity index (χ0v) is 22.5. The Morgan fingerprint density at radius 1 is 0.865 bits per heavy atom. The number of nitrogens with zero attached hydrogens (tertiary/aromatic N) is 4. The van der Waals surface area contributed by atoms with E-state index < -0.39 is 11.4 Å². The van der Waals surface area contributed by atoms with Crippen molar-refractivity contribution < 1.29 is 13.9 Å². The average molecular weight is 526 g/mol. The van der Waals surface area contributed by atoms with Gasteiger partial charge < -0.3 is 24.1 Å². The Kier molecular flexibility index (Phi) is 6.73. The normalized spacial score (nSPS) is 34.2. The van der Waals surface area contributed by atoms with E-state index in [4.69, 9.17) is 13.9 Å². The Balaban J connectivity index is 1.48. The highest BCUT2D eigenvalue weighted by Gasteiger charge is 2.73. The molecule has 5 aliphatic heterocycles. The Morgan fingerprint density at radius 3 is 2.43 bits per heavy atom. The van der Waals surface area contributed by atoms with Crippen molar-refractivity contribution in [2.45, 2.75) is 23.9 Å². The largest absolute Gasteiger partial charge is 0.464 e. The highest BCUT2D eigenvalue weighted by atomic mass is 32.2. The van der Waals surface area contributed by atoms with Gasteiger partial charge in [0.25, 0.3) is 0 Å². The molecule has 0 aliphatic carbocycles. The van der Waals surface area contributed by atoms with Crippen molar-refractivity contribution >= 4 is 17.4 Å². The van der Waals surface area contributed by atoms with Gasteiger partial charge >= 0.3 is 0 Å². The standard InChI is InChI=1S/C28H39N5O3S/c1-2-5-24-23(4-1)7-10-33(24)28(26-6-3-17-35-26)27(31-11-8-29-9-12-31,32-15-20-37-21-16-32)25(22-36-28)30-13-18-34-19-14-30/h1-6,17,25,29H,7-16,18-22H2. The molecule has 0 amide bonds. The number of hydrogen-bond acceptors (Lipinski definition) is 9. The molecule has 0 spiro atoms. The number of nitrogens with one attached hydrogen (secondary N) is 1. The molecule has 5 aliphatic rings. The number of benzene rings is 1. The number of thioether (sulfide) groups is 1. The molecular weight excluding hydrogens is 486 g/mol. The maximum absolute atomic E-state index is 7.35. The van der Waals surface area contributed by atoms with E-state index in [9.17, 15) is 0 Å². The number of para-hydroxylation sites is 1. The second-order valence-corrected chi connectivity index (χ2v) is 11.9. The first-order valence-electron chi connectivity index (χ1n) is 14.0. The molecule has 200 valence electrons. The predicted molar refractivity (Wildman–Crippen MR) is 146 cm³/mol. The lowest BCUT2D eigenvalue weighted by Gasteiger charge is -2.62. The van der Waals surface area contributed by atoms with Gasteiger partial charge in [-0.25, -0.2) is 0 Å². The lowest BCUT2D eigenvalue weighted by atomic mass is 9.82. The molecule has 1 aromatic carbocycles. The van der Waals surface area contributed by atoms with Gasteiger partial charge in [-0.2, -0.15) is 11.8 Å². The lowest BCUT2D eigenvalue weighted by Crippen LogP contribution is -2.81. The Labute approximate surface area is 224 Å². The molecule has 4 fully saturated rings. The summed E-state index contributed by atoms with van der Waals surface area (Å²) in [6.45, 7) is 11.1. The van der Waals surface area contributed by atoms with E-state index in [-0.39, 0.29) is 6.04 Å². The van der Waals surface area contributed by atoms with Crippen molar-refractivity contribution in [3.63, 3.8) is 0 Å². The number of piperazine rings is 1. The minimum absolute atomic E-state index is 0.204. The number of furan rings is 1. The molecule has 0 saturated carbocycles. The zero-order valence-electron chi connectivity index (χ0n) is 21.6. The summed E-state index contributed by atoms with van der Waals surface area (Å²) in [6.07, 6.45) is 2.86. The van der Waals surface area contributed by atoms with Crippen molar-refractivity contribution in [2.24, 2.45) is 0 Å². The van der Waals surface area contributed by atoms with Gasteiger partial charge in [-0.3, -0.25) is 14.7 Å². The van der Waals surface area contributed by atoms with Crippen molar-refractivity contribution in [3.05, 3.63) is 54.0 Å². The summed E-state index contributed by atoms with van der Waals surface area (Å²) in [6, 6.07) is 13.3. The van der Waals surface area contributed by atoms with Gasteiger partial charge in [0.2, 0.25) is 5.72 Å². The molecule has 1 N–H and O–H groups in total. The maximum atomic E-state index is 7.35. The van der Waals surface area contributed by atoms with E-state index in [2.05, 4.69) is 67.0 Å². The van der Waals surface area contributed by atoms with Crippen LogP contribution in [0.1, 0.15) is 11.3 Å². The molecule has 1 aromatic heterocycles. The second kappa shape index (κ2) is 10.2. The second-order valence-electron chi connectivity index (χ2n) is 10.7. The highest BCUT2D eigenvalue weighted by Crippen LogP contribution is 2.56. The monoisotopic (exact) mass is 525 g/mol. The van der Waals surface area contributed by atoms with Crippen LogP contribution in [-0.2, 0) is 21.6 Å². The number of hydrogen-bond donors (Lipinski definition) is 1. The number of fused-ring (bicyclic) bond motifs is 1. The summed E-state index contributed by atoms with van der Waals surface area (Å²) >= 11 is 2.07. The molecule has 3 atom stereocenters. The fourth-order valence-corrected chi connectivity index (χ4v) is 8.56. The Morgan fingerprint density at radius 2 is 1.65 bits per heavy atom. The van der Waals surface area contributed by atoms with Gasteiger partial charge in [0, 0.05) is 76.1 Å². The van der Waals surface area contributed by atoms with Gasteiger partial charge in [0.15, 0.2) is 5.76 Å². The minimum atomic E-state index is -0.759. The van der Waals surface area contributed by atoms with Gasteiger partial charge in [-0.1, -0.05) is 18.2 Å². The van der Waals surface area contributed by atoms with Crippen LogP contribution in [0.2, 0.25) is 0 Å². The van der Waals surface area contributed by atoms with Crippen LogP contribution in [0.5, 0.6) is 0 Å². The van der Waals surface area contributed by atoms with E-state index in [1.807, 2.05) is 12.3 Å². The first-order chi connectivity index (χ1) is 18.4. The topological polar surface area (TPSA) is 56.6 Å². The maximum Gasteiger partial charge on any atom is 0.234 e. The van der Waals surface area contributed by atoms with E-state index in [0.717, 1.165) is 95.8 Å². The van der Waals surface area contributed by atoms with Crippen molar-refractivity contribution in [1.82, 2.24) is 20.0 Å². The third-order valence-corrected chi connectivity index (χ3v) is 10.1. The van der Waals surface area contributed by atoms with E-state index >= 15 is 0 Å². The molecule has 7 rings (SSSR count). The minimum Gasteiger partial charge on any atom is -0.464 e. The first-order valence-corrected chi connectivity index (χ1v) is 15.1. The fraction of sp³-hybridized carbons (Fsp3) is 0.643. The molecule has 8 nitrogen and oxygen atoms in total. The van der Waals surface area contributed by atoms with Crippen molar-refractivity contribution in [3.8, 4) is 0 Å². The van der Waals surface area contributed by atoms with Gasteiger partial charge in [0.1, 0.15) is 5.66 Å². The molecule has 37 heavy (non-hydrogen) atoms. The molecule has 0 radical (unpaired) electrons. The summed E-state index contributed by atoms with van der Waals surface area (Å²) < 4.78 is 19.6. The van der Waals surface area contributed by atoms with Crippen molar-refractivity contribution in [1.29, 1.82) is 0 Å². The summed E-state index contributed by atoms with van der Waals surface area (Å²) in [5.41, 5.74) is 1.52. The quantitative estimate of drug-likeness (QED) is 0.631. The Bertz CT molecular complexity index is 1030. The highest BCUT2D eigenvalue weighted by molar-refractivity contribution is 7.99. The fourth-order valence-electron chi connectivity index (χ4n) is 7.66. The molecule has 3 unspecified atom stereocenters. The van der Waals surface area contributed by atoms with Crippen LogP contribution in [0.4, 0.5) is 5.69 Å². The smallest absolute Gasteiger partial charge is 0.234 e. The number of ether oxygens (including phenoxy) is 2. The number of rotatable bonds is 5. The van der Waals surface area contributed by atoms with Crippen LogP contribution in [0.15, 0.2) is 47.1 Å². The molecule has 0 bridgehead atoms. The summed E-state index contributed by atoms with van der Waals surface area (Å²) in [5.74, 6) is 3.22. The molecule has 6 heterocycles. The van der Waals surface area contributed by atoms with E-state index in [1.165, 1.54) is 11.3 Å². The van der Waals surface area contributed by atoms with Crippen LogP contribution < -0.4 is 10.2 Å². The van der Waals surface area contributed by atoms with Crippen LogP contribution in [0.3, 0.4) is 0 Å². The summed E-state index contributed by atoms with van der Waals surface area (Å²) in [4.78, 5) is 10.8.